The molecule has 0 fully saturated rings. The van der Waals surface area contributed by atoms with Crippen molar-refractivity contribution < 1.29 is 19.2 Å². The number of carbonyl (C=O) groups is 2. The zero-order chi connectivity index (χ0) is 25.3. The van der Waals surface area contributed by atoms with Crippen LogP contribution in [0, 0.1) is 0 Å². The maximum Gasteiger partial charge on any atom is 0.408 e. The molecule has 0 spiro atoms. The van der Waals surface area contributed by atoms with Gasteiger partial charge in [-0.3, -0.25) is 0 Å². The predicted octanol–water partition coefficient (Wildman–Crippen LogP) is 5.50. The average molecular weight is 511 g/mol. The molecule has 2 N–H and O–H groups in total. The number of thiol groups is 1. The van der Waals surface area contributed by atoms with Crippen LogP contribution < -0.4 is 10.2 Å². The normalized spacial score (nSPS) is 12.5. The molecule has 0 bridgehead atoms. The predicted molar refractivity (Wildman–Crippen MR) is 143 cm³/mol. The number of amides is 1. The van der Waals surface area contributed by atoms with Crippen LogP contribution in [0.4, 0.5) is 4.79 Å². The second-order valence-corrected chi connectivity index (χ2v) is 10.2. The van der Waals surface area contributed by atoms with Gasteiger partial charge in [0.05, 0.1) is 4.75 Å². The number of benzene rings is 3. The van der Waals surface area contributed by atoms with E-state index in [2.05, 4.69) is 59.4 Å². The molecule has 0 saturated carbocycles. The van der Waals surface area contributed by atoms with Gasteiger partial charge < -0.3 is 14.9 Å². The van der Waals surface area contributed by atoms with Gasteiger partial charge in [0.1, 0.15) is 11.6 Å². The van der Waals surface area contributed by atoms with Crippen LogP contribution in [0.15, 0.2) is 91.0 Å². The van der Waals surface area contributed by atoms with Gasteiger partial charge in [-0.1, -0.05) is 109 Å². The van der Waals surface area contributed by atoms with Gasteiger partial charge in [0.15, 0.2) is 0 Å². The summed E-state index contributed by atoms with van der Waals surface area (Å²) in [5, 5.41) is 2.65. The molecule has 0 aliphatic heterocycles. The summed E-state index contributed by atoms with van der Waals surface area (Å²) in [4.78, 5) is 32.3. The molecule has 0 aromatic heterocycles. The lowest BCUT2D eigenvalue weighted by Crippen LogP contribution is -2.47. The summed E-state index contributed by atoms with van der Waals surface area (Å²) >= 11 is 5.29. The van der Waals surface area contributed by atoms with Gasteiger partial charge in [-0.25, -0.2) is 9.59 Å². The van der Waals surface area contributed by atoms with Crippen LogP contribution >= 0.6 is 24.6 Å². The van der Waals surface area contributed by atoms with Gasteiger partial charge in [-0.05, 0) is 37.5 Å². The second-order valence-electron chi connectivity index (χ2n) is 8.80. The smallest absolute Gasteiger partial charge is 0.408 e. The highest BCUT2D eigenvalue weighted by atomic mass is 32.2. The van der Waals surface area contributed by atoms with E-state index >= 15 is 0 Å². The molecule has 0 aliphatic rings. The SMILES string of the molecule is CC(C)(C)OC(=O)NC(CSC(c1ccccc1)(c1ccccc1)c1ccccc1)C(=O)ONS. The van der Waals surface area contributed by atoms with Crippen molar-refractivity contribution in [2.45, 2.75) is 37.2 Å². The number of alkyl carbamates (subject to hydrolysis) is 1. The minimum atomic E-state index is -0.995. The fraction of sp³-hybridized carbons (Fsp3) is 0.259. The second kappa shape index (κ2) is 12.2. The van der Waals surface area contributed by atoms with Crippen molar-refractivity contribution in [3.63, 3.8) is 0 Å². The summed E-state index contributed by atoms with van der Waals surface area (Å²) in [6.07, 6.45) is -0.705. The molecule has 184 valence electrons. The van der Waals surface area contributed by atoms with E-state index in [9.17, 15) is 9.59 Å². The minimum Gasteiger partial charge on any atom is -0.444 e. The van der Waals surface area contributed by atoms with E-state index in [4.69, 9.17) is 9.57 Å². The maximum atomic E-state index is 12.8. The van der Waals surface area contributed by atoms with Crippen molar-refractivity contribution in [1.29, 1.82) is 0 Å². The Hall–Kier alpha value is -2.94. The quantitative estimate of drug-likeness (QED) is 0.201. The Kier molecular flexibility index (Phi) is 9.26. The molecule has 0 radical (unpaired) electrons. The average Bonchev–Trinajstić information content (AvgIpc) is 2.84. The Balaban J connectivity index is 2.04. The van der Waals surface area contributed by atoms with Crippen molar-refractivity contribution in [2.24, 2.45) is 0 Å². The van der Waals surface area contributed by atoms with Crippen LogP contribution in [0.25, 0.3) is 0 Å². The van der Waals surface area contributed by atoms with Crippen molar-refractivity contribution in [3.8, 4) is 0 Å². The topological polar surface area (TPSA) is 76.7 Å². The van der Waals surface area contributed by atoms with E-state index in [1.807, 2.05) is 54.6 Å². The van der Waals surface area contributed by atoms with Gasteiger partial charge in [0, 0.05) is 5.75 Å². The van der Waals surface area contributed by atoms with Crippen LogP contribution in [0.2, 0.25) is 0 Å². The fourth-order valence-electron chi connectivity index (χ4n) is 3.71. The molecule has 8 heteroatoms. The molecule has 1 amide bonds. The van der Waals surface area contributed by atoms with Crippen LogP contribution in [0.3, 0.4) is 0 Å². The first-order valence-electron chi connectivity index (χ1n) is 11.2. The zero-order valence-electron chi connectivity index (χ0n) is 19.9. The van der Waals surface area contributed by atoms with Crippen LogP contribution in [-0.2, 0) is 19.1 Å². The summed E-state index contributed by atoms with van der Waals surface area (Å²) in [5.41, 5.74) is 2.41. The molecule has 3 rings (SSSR count). The first kappa shape index (κ1) is 26.7. The molecule has 3 aromatic rings. The molecule has 0 aliphatic carbocycles. The first-order chi connectivity index (χ1) is 16.8. The molecule has 6 nitrogen and oxygen atoms in total. The summed E-state index contributed by atoms with van der Waals surface area (Å²) in [6.45, 7) is 5.28. The number of ether oxygens (including phenoxy) is 1. The lowest BCUT2D eigenvalue weighted by molar-refractivity contribution is -0.148. The van der Waals surface area contributed by atoms with Gasteiger partial charge in [0.2, 0.25) is 0 Å². The Bertz CT molecular complexity index is 994. The Morgan fingerprint density at radius 1 is 0.829 bits per heavy atom. The van der Waals surface area contributed by atoms with E-state index in [0.717, 1.165) is 16.7 Å². The lowest BCUT2D eigenvalue weighted by Gasteiger charge is -2.36. The molecule has 1 unspecified atom stereocenters. The lowest BCUT2D eigenvalue weighted by atomic mass is 9.84. The summed E-state index contributed by atoms with van der Waals surface area (Å²) in [7, 11) is 0. The summed E-state index contributed by atoms with van der Waals surface area (Å²) in [6, 6.07) is 29.3. The number of thioether (sulfide) groups is 1. The van der Waals surface area contributed by atoms with E-state index in [-0.39, 0.29) is 5.75 Å². The Labute approximate surface area is 216 Å². The standard InChI is InChI=1S/C27H30N2O4S2/c1-26(2,3)32-25(31)28-23(24(30)33-29-34)19-35-27(20-13-7-4-8-14-20,21-15-9-5-10-16-21)22-17-11-6-12-18-22/h4-18,23,29,34H,19H2,1-3H3,(H,28,31). The molecule has 0 saturated heterocycles. The zero-order valence-corrected chi connectivity index (χ0v) is 21.6. The first-order valence-corrected chi connectivity index (χ1v) is 12.6. The van der Waals surface area contributed by atoms with E-state index in [0.29, 0.717) is 0 Å². The van der Waals surface area contributed by atoms with Crippen LogP contribution in [-0.4, -0.2) is 29.5 Å². The van der Waals surface area contributed by atoms with E-state index in [1.165, 1.54) is 11.8 Å². The number of carbonyl (C=O) groups excluding carboxylic acids is 2. The number of hydrogen-bond donors (Lipinski definition) is 3. The Morgan fingerprint density at radius 2 is 1.26 bits per heavy atom. The largest absolute Gasteiger partial charge is 0.444 e. The van der Waals surface area contributed by atoms with E-state index in [1.54, 1.807) is 20.8 Å². The molecule has 0 heterocycles. The fourth-order valence-corrected chi connectivity index (χ4v) is 5.35. The highest BCUT2D eigenvalue weighted by Crippen LogP contribution is 2.48. The number of rotatable bonds is 9. The molecular weight excluding hydrogens is 480 g/mol. The third-order valence-electron chi connectivity index (χ3n) is 5.13. The van der Waals surface area contributed by atoms with E-state index < -0.39 is 28.5 Å². The monoisotopic (exact) mass is 510 g/mol. The molecule has 1 atom stereocenters. The van der Waals surface area contributed by atoms with Crippen LogP contribution in [0.1, 0.15) is 37.5 Å². The number of nitrogens with one attached hydrogen (secondary N) is 2. The highest BCUT2D eigenvalue weighted by molar-refractivity contribution is 8.00. The molecular formula is C27H30N2O4S2. The van der Waals surface area contributed by atoms with Crippen molar-refractivity contribution >= 4 is 36.6 Å². The van der Waals surface area contributed by atoms with Crippen LogP contribution in [0.5, 0.6) is 0 Å². The number of hydrogen-bond acceptors (Lipinski definition) is 7. The van der Waals surface area contributed by atoms with Gasteiger partial charge >= 0.3 is 12.1 Å². The van der Waals surface area contributed by atoms with Gasteiger partial charge in [-0.2, -0.15) is 0 Å². The summed E-state index contributed by atoms with van der Waals surface area (Å²) in [5.74, 6) is -0.479. The van der Waals surface area contributed by atoms with Crippen molar-refractivity contribution in [3.05, 3.63) is 108 Å². The van der Waals surface area contributed by atoms with Gasteiger partial charge in [0.25, 0.3) is 0 Å². The third kappa shape index (κ3) is 7.04. The Morgan fingerprint density at radius 3 is 1.63 bits per heavy atom. The molecule has 35 heavy (non-hydrogen) atoms. The molecule has 3 aromatic carbocycles. The van der Waals surface area contributed by atoms with Crippen molar-refractivity contribution in [1.82, 2.24) is 10.2 Å². The maximum absolute atomic E-state index is 12.8. The third-order valence-corrected chi connectivity index (χ3v) is 6.86. The van der Waals surface area contributed by atoms with Gasteiger partial charge in [-0.15, -0.1) is 11.8 Å². The van der Waals surface area contributed by atoms with Crippen molar-refractivity contribution in [2.75, 3.05) is 5.75 Å². The summed E-state index contributed by atoms with van der Waals surface area (Å²) < 4.78 is 4.72. The highest BCUT2D eigenvalue weighted by Gasteiger charge is 2.39. The minimum absolute atomic E-state index is 0.201.